The fraction of sp³-hybridized carbons (Fsp3) is 0.136. The maximum Gasteiger partial charge on any atom is 0.291 e. The fourth-order valence-electron chi connectivity index (χ4n) is 2.74. The van der Waals surface area contributed by atoms with Crippen molar-refractivity contribution in [3.8, 4) is 11.5 Å². The molecule has 0 unspecified atom stereocenters. The Bertz CT molecular complexity index is 1110. The van der Waals surface area contributed by atoms with Gasteiger partial charge in [0.1, 0.15) is 11.5 Å². The molecule has 31 heavy (non-hydrogen) atoms. The Hall–Kier alpha value is -3.85. The number of ether oxygens (including phenoxy) is 2. The highest BCUT2D eigenvalue weighted by atomic mass is 32.1. The van der Waals surface area contributed by atoms with Gasteiger partial charge in [-0.15, -0.1) is 0 Å². The first-order valence-corrected chi connectivity index (χ1v) is 9.62. The van der Waals surface area contributed by atoms with Crippen LogP contribution in [0.3, 0.4) is 0 Å². The normalized spacial score (nSPS) is 10.2. The van der Waals surface area contributed by atoms with Crippen LogP contribution in [0, 0.1) is 6.92 Å². The summed E-state index contributed by atoms with van der Waals surface area (Å²) < 4.78 is 15.5. The topological polar surface area (TPSA) is 102 Å². The predicted octanol–water partition coefficient (Wildman–Crippen LogP) is 3.98. The second-order valence-electron chi connectivity index (χ2n) is 6.44. The molecule has 9 heteroatoms. The van der Waals surface area contributed by atoms with Crippen LogP contribution in [-0.2, 0) is 0 Å². The largest absolute Gasteiger partial charge is 0.497 e. The average molecular weight is 439 g/mol. The summed E-state index contributed by atoms with van der Waals surface area (Å²) in [5.74, 6) is 0.321. The van der Waals surface area contributed by atoms with Gasteiger partial charge in [-0.1, -0.05) is 6.07 Å². The first-order chi connectivity index (χ1) is 14.9. The van der Waals surface area contributed by atoms with Crippen molar-refractivity contribution in [3.05, 3.63) is 71.7 Å². The Morgan fingerprint density at radius 1 is 0.968 bits per heavy atom. The van der Waals surface area contributed by atoms with Gasteiger partial charge < -0.3 is 24.5 Å². The van der Waals surface area contributed by atoms with Crippen molar-refractivity contribution < 1.29 is 23.5 Å². The number of benzene rings is 2. The van der Waals surface area contributed by atoms with Crippen molar-refractivity contribution in [2.75, 3.05) is 24.9 Å². The zero-order valence-corrected chi connectivity index (χ0v) is 18.0. The molecule has 0 aliphatic rings. The van der Waals surface area contributed by atoms with Crippen molar-refractivity contribution in [1.29, 1.82) is 0 Å². The summed E-state index contributed by atoms with van der Waals surface area (Å²) in [5, 5.41) is 8.45. The standard InChI is InChI=1S/C22H21N3O5S/c1-13-6-7-14(23-21(27)18-5-4-10-30-18)11-17(13)24-22(31)25-20(26)16-9-8-15(28-2)12-19(16)29-3/h4-12H,1-3H3,(H,23,27)(H2,24,25,26,31). The minimum Gasteiger partial charge on any atom is -0.497 e. The number of thiocarbonyl (C=S) groups is 1. The number of carbonyl (C=O) groups is 2. The molecule has 0 atom stereocenters. The van der Waals surface area contributed by atoms with E-state index < -0.39 is 5.91 Å². The van der Waals surface area contributed by atoms with Gasteiger partial charge >= 0.3 is 0 Å². The van der Waals surface area contributed by atoms with Crippen LogP contribution in [0.1, 0.15) is 26.5 Å². The first-order valence-electron chi connectivity index (χ1n) is 9.21. The first kappa shape index (κ1) is 21.8. The minimum atomic E-state index is -0.433. The molecule has 0 saturated carbocycles. The van der Waals surface area contributed by atoms with Gasteiger partial charge in [0, 0.05) is 17.4 Å². The van der Waals surface area contributed by atoms with Crippen molar-refractivity contribution in [2.45, 2.75) is 6.92 Å². The lowest BCUT2D eigenvalue weighted by Crippen LogP contribution is -2.34. The lowest BCUT2D eigenvalue weighted by molar-refractivity contribution is 0.0972. The second kappa shape index (κ2) is 9.77. The third-order valence-electron chi connectivity index (χ3n) is 4.37. The number of amides is 2. The van der Waals surface area contributed by atoms with Crippen molar-refractivity contribution in [3.63, 3.8) is 0 Å². The van der Waals surface area contributed by atoms with Gasteiger partial charge in [0.05, 0.1) is 26.0 Å². The van der Waals surface area contributed by atoms with Crippen LogP contribution in [0.2, 0.25) is 0 Å². The van der Waals surface area contributed by atoms with Gasteiger partial charge in [-0.2, -0.15) is 0 Å². The molecule has 1 heterocycles. The van der Waals surface area contributed by atoms with Crippen molar-refractivity contribution in [2.24, 2.45) is 0 Å². The van der Waals surface area contributed by atoms with Gasteiger partial charge in [0.15, 0.2) is 10.9 Å². The zero-order chi connectivity index (χ0) is 22.4. The lowest BCUT2D eigenvalue weighted by atomic mass is 10.1. The Morgan fingerprint density at radius 2 is 1.77 bits per heavy atom. The maximum absolute atomic E-state index is 12.6. The van der Waals surface area contributed by atoms with E-state index in [-0.39, 0.29) is 16.8 Å². The Morgan fingerprint density at radius 3 is 2.45 bits per heavy atom. The summed E-state index contributed by atoms with van der Waals surface area (Å²) in [4.78, 5) is 24.8. The van der Waals surface area contributed by atoms with Gasteiger partial charge in [-0.25, -0.2) is 0 Å². The Kier molecular flexibility index (Phi) is 6.88. The third-order valence-corrected chi connectivity index (χ3v) is 4.57. The van der Waals surface area contributed by atoms with Crippen LogP contribution in [-0.4, -0.2) is 31.1 Å². The van der Waals surface area contributed by atoms with Crippen LogP contribution in [0.4, 0.5) is 11.4 Å². The SMILES string of the molecule is COc1ccc(C(=O)NC(=S)Nc2cc(NC(=O)c3ccco3)ccc2C)c(OC)c1. The molecule has 0 fully saturated rings. The smallest absolute Gasteiger partial charge is 0.291 e. The minimum absolute atomic E-state index is 0.0977. The molecular weight excluding hydrogens is 418 g/mol. The molecule has 1 aromatic heterocycles. The second-order valence-corrected chi connectivity index (χ2v) is 6.84. The summed E-state index contributed by atoms with van der Waals surface area (Å²) in [6.45, 7) is 1.87. The van der Waals surface area contributed by atoms with Crippen LogP contribution in [0.25, 0.3) is 0 Å². The average Bonchev–Trinajstić information content (AvgIpc) is 3.30. The van der Waals surface area contributed by atoms with E-state index in [4.69, 9.17) is 26.1 Å². The van der Waals surface area contributed by atoms with Crippen molar-refractivity contribution >= 4 is 40.5 Å². The number of nitrogens with one attached hydrogen (secondary N) is 3. The Balaban J connectivity index is 1.69. The van der Waals surface area contributed by atoms with Gasteiger partial charge in [-0.05, 0) is 61.1 Å². The molecule has 0 saturated heterocycles. The van der Waals surface area contributed by atoms with Crippen molar-refractivity contribution in [1.82, 2.24) is 5.32 Å². The van der Waals surface area contributed by atoms with Gasteiger partial charge in [0.25, 0.3) is 11.8 Å². The van der Waals surface area contributed by atoms with E-state index in [1.807, 2.05) is 13.0 Å². The lowest BCUT2D eigenvalue weighted by Gasteiger charge is -2.15. The summed E-state index contributed by atoms with van der Waals surface area (Å²) in [7, 11) is 3.00. The van der Waals surface area contributed by atoms with E-state index in [0.29, 0.717) is 28.4 Å². The molecule has 8 nitrogen and oxygen atoms in total. The number of carbonyl (C=O) groups excluding carboxylic acids is 2. The van der Waals surface area contributed by atoms with E-state index in [9.17, 15) is 9.59 Å². The number of hydrogen-bond acceptors (Lipinski definition) is 6. The summed E-state index contributed by atoms with van der Waals surface area (Å²) in [5.41, 5.74) is 2.35. The number of rotatable bonds is 6. The maximum atomic E-state index is 12.6. The molecule has 0 spiro atoms. The third kappa shape index (κ3) is 5.40. The number of methoxy groups -OCH3 is 2. The van der Waals surface area contributed by atoms with Crippen LogP contribution in [0.5, 0.6) is 11.5 Å². The van der Waals surface area contributed by atoms with E-state index in [1.54, 1.807) is 42.5 Å². The molecule has 2 amide bonds. The van der Waals surface area contributed by atoms with E-state index in [2.05, 4.69) is 16.0 Å². The number of aryl methyl sites for hydroxylation is 1. The summed E-state index contributed by atoms with van der Waals surface area (Å²) in [6.07, 6.45) is 1.43. The highest BCUT2D eigenvalue weighted by Crippen LogP contribution is 2.25. The van der Waals surface area contributed by atoms with E-state index in [0.717, 1.165) is 5.56 Å². The molecule has 0 bridgehead atoms. The molecule has 2 aromatic carbocycles. The highest BCUT2D eigenvalue weighted by Gasteiger charge is 2.15. The number of hydrogen-bond donors (Lipinski definition) is 3. The van der Waals surface area contributed by atoms with Gasteiger partial charge in [0.2, 0.25) is 0 Å². The summed E-state index contributed by atoms with van der Waals surface area (Å²) >= 11 is 5.29. The predicted molar refractivity (Wildman–Crippen MR) is 121 cm³/mol. The molecule has 0 aliphatic carbocycles. The molecule has 0 aliphatic heterocycles. The van der Waals surface area contributed by atoms with E-state index >= 15 is 0 Å². The quantitative estimate of drug-likeness (QED) is 0.499. The zero-order valence-electron chi connectivity index (χ0n) is 17.1. The molecule has 3 N–H and O–H groups in total. The monoisotopic (exact) mass is 439 g/mol. The molecule has 3 rings (SSSR count). The van der Waals surface area contributed by atoms with Crippen LogP contribution < -0.4 is 25.4 Å². The summed E-state index contributed by atoms with van der Waals surface area (Å²) in [6, 6.07) is 13.3. The fourth-order valence-corrected chi connectivity index (χ4v) is 2.95. The number of anilines is 2. The Labute approximate surface area is 184 Å². The van der Waals surface area contributed by atoms with Crippen LogP contribution in [0.15, 0.2) is 59.2 Å². The molecular formula is C22H21N3O5S. The van der Waals surface area contributed by atoms with E-state index in [1.165, 1.54) is 20.5 Å². The van der Waals surface area contributed by atoms with Gasteiger partial charge in [-0.3, -0.25) is 14.9 Å². The van der Waals surface area contributed by atoms with Crippen LogP contribution >= 0.6 is 12.2 Å². The molecule has 0 radical (unpaired) electrons. The molecule has 3 aromatic rings. The number of furan rings is 1. The highest BCUT2D eigenvalue weighted by molar-refractivity contribution is 7.80. The molecule has 160 valence electrons.